The van der Waals surface area contributed by atoms with Crippen LogP contribution in [0.5, 0.6) is 0 Å². The van der Waals surface area contributed by atoms with Crippen LogP contribution in [0.15, 0.2) is 42.5 Å². The summed E-state index contributed by atoms with van der Waals surface area (Å²) in [6.07, 6.45) is -5.69. The number of primary amides is 1. The van der Waals surface area contributed by atoms with Gasteiger partial charge in [0.2, 0.25) is 6.23 Å². The first-order chi connectivity index (χ1) is 12.5. The van der Waals surface area contributed by atoms with Crippen molar-refractivity contribution in [1.29, 1.82) is 0 Å². The first kappa shape index (κ1) is 19.3. The van der Waals surface area contributed by atoms with E-state index < -0.39 is 40.0 Å². The zero-order chi connectivity index (χ0) is 20.0. The number of hydrogen-bond acceptors (Lipinski definition) is 5. The normalized spacial score (nSPS) is 17.3. The fourth-order valence-electron chi connectivity index (χ4n) is 3.10. The lowest BCUT2D eigenvalue weighted by molar-refractivity contribution is -0.141. The van der Waals surface area contributed by atoms with Gasteiger partial charge in [0, 0.05) is 0 Å². The van der Waals surface area contributed by atoms with Crippen LogP contribution in [0.4, 0.5) is 13.2 Å². The van der Waals surface area contributed by atoms with Crippen molar-refractivity contribution in [3.8, 4) is 11.1 Å². The van der Waals surface area contributed by atoms with Crippen molar-refractivity contribution in [2.75, 3.05) is 6.26 Å². The van der Waals surface area contributed by atoms with Gasteiger partial charge in [-0.25, -0.2) is 4.18 Å². The van der Waals surface area contributed by atoms with Crippen LogP contribution < -0.4 is 11.1 Å². The number of hydrogen-bond donors (Lipinski definition) is 2. The summed E-state index contributed by atoms with van der Waals surface area (Å²) in [6, 6.07) is 10.2. The SMILES string of the molecule is CS(=O)(=O)OC(N[C@@H]1c2ccc(-c3ccccc3)c1c2C(F)(F)F)C(N)=O. The third-order valence-electron chi connectivity index (χ3n) is 4.09. The van der Waals surface area contributed by atoms with E-state index in [4.69, 9.17) is 5.73 Å². The molecule has 2 atom stereocenters. The molecule has 0 heterocycles. The summed E-state index contributed by atoms with van der Waals surface area (Å²) >= 11 is 0. The van der Waals surface area contributed by atoms with Crippen molar-refractivity contribution < 1.29 is 30.6 Å². The number of nitrogens with two attached hydrogens (primary N) is 1. The number of nitrogens with one attached hydrogen (secondary N) is 1. The van der Waals surface area contributed by atoms with Gasteiger partial charge in [-0.15, -0.1) is 0 Å². The lowest BCUT2D eigenvalue weighted by Gasteiger charge is -2.38. The Kier molecular flexibility index (Phi) is 4.74. The molecule has 2 aliphatic rings. The van der Waals surface area contributed by atoms with Crippen LogP contribution in [0.3, 0.4) is 0 Å². The second-order valence-corrected chi connectivity index (χ2v) is 7.64. The highest BCUT2D eigenvalue weighted by atomic mass is 32.2. The minimum absolute atomic E-state index is 0.0884. The standard InChI is InChI=1S/C17H15F3N2O4S/c1-27(24,25)26-16(15(21)23)22-14-11-8-7-10(9-5-3-2-4-6-9)12(14)13(11)17(18,19)20/h2-8,14,16,22H,1H3,(H2,21,23)/t14-,16?/m1/s1. The molecule has 1 unspecified atom stereocenters. The Bertz CT molecular complexity index is 991. The van der Waals surface area contributed by atoms with E-state index in [1.807, 2.05) is 0 Å². The molecule has 0 aromatic heterocycles. The summed E-state index contributed by atoms with van der Waals surface area (Å²) in [6.45, 7) is 0. The van der Waals surface area contributed by atoms with Gasteiger partial charge in [-0.2, -0.15) is 21.6 Å². The van der Waals surface area contributed by atoms with Crippen LogP contribution in [0, 0.1) is 0 Å². The number of fused-ring (bicyclic) bond motifs is 2. The number of halogens is 3. The zero-order valence-corrected chi connectivity index (χ0v) is 14.8. The van der Waals surface area contributed by atoms with E-state index in [9.17, 15) is 26.4 Å². The van der Waals surface area contributed by atoms with E-state index in [0.717, 1.165) is 0 Å². The van der Waals surface area contributed by atoms with Crippen LogP contribution in [0.1, 0.15) is 22.7 Å². The molecule has 2 aromatic carbocycles. The number of alkyl halides is 3. The van der Waals surface area contributed by atoms with Gasteiger partial charge in [0.15, 0.2) is 0 Å². The summed E-state index contributed by atoms with van der Waals surface area (Å²) in [5, 5.41) is 2.47. The second-order valence-electron chi connectivity index (χ2n) is 6.04. The molecule has 1 amide bonds. The molecule has 2 aliphatic carbocycles. The first-order valence-corrected chi connectivity index (χ1v) is 9.53. The minimum atomic E-state index is -4.60. The molecule has 10 heteroatoms. The molecule has 0 fully saturated rings. The Morgan fingerprint density at radius 1 is 1.19 bits per heavy atom. The summed E-state index contributed by atoms with van der Waals surface area (Å²) in [4.78, 5) is 11.5. The van der Waals surface area contributed by atoms with E-state index in [2.05, 4.69) is 9.50 Å². The van der Waals surface area contributed by atoms with Crippen molar-refractivity contribution in [2.45, 2.75) is 18.4 Å². The Hall–Kier alpha value is -2.43. The average molecular weight is 400 g/mol. The smallest absolute Gasteiger partial charge is 0.366 e. The number of rotatable bonds is 6. The van der Waals surface area contributed by atoms with Gasteiger partial charge in [-0.3, -0.25) is 10.1 Å². The number of carbonyl (C=O) groups excluding carboxylic acids is 1. The molecule has 0 spiro atoms. The number of carbonyl (C=O) groups is 1. The zero-order valence-electron chi connectivity index (χ0n) is 13.9. The molecule has 0 aliphatic heterocycles. The van der Waals surface area contributed by atoms with Gasteiger partial charge in [-0.05, 0) is 22.3 Å². The predicted molar refractivity (Wildman–Crippen MR) is 90.8 cm³/mol. The Balaban J connectivity index is 2.03. The van der Waals surface area contributed by atoms with E-state index >= 15 is 0 Å². The fraction of sp³-hybridized carbons (Fsp3) is 0.235. The summed E-state index contributed by atoms with van der Waals surface area (Å²) in [5.41, 5.74) is 4.98. The molecule has 0 saturated carbocycles. The summed E-state index contributed by atoms with van der Waals surface area (Å²) in [7, 11) is -4.07. The monoisotopic (exact) mass is 400 g/mol. The van der Waals surface area contributed by atoms with Crippen molar-refractivity contribution in [3.63, 3.8) is 0 Å². The molecule has 2 aromatic rings. The van der Waals surface area contributed by atoms with Crippen LogP contribution >= 0.6 is 0 Å². The second kappa shape index (κ2) is 6.63. The van der Waals surface area contributed by atoms with Gasteiger partial charge >= 0.3 is 6.18 Å². The Labute approximate surface area is 153 Å². The fourth-order valence-corrected chi connectivity index (χ4v) is 3.60. The van der Waals surface area contributed by atoms with Crippen LogP contribution in [-0.2, 0) is 25.3 Å². The van der Waals surface area contributed by atoms with Gasteiger partial charge < -0.3 is 5.73 Å². The Morgan fingerprint density at radius 3 is 2.33 bits per heavy atom. The van der Waals surface area contributed by atoms with Crippen LogP contribution in [-0.4, -0.2) is 26.8 Å². The van der Waals surface area contributed by atoms with Gasteiger partial charge in [-0.1, -0.05) is 42.5 Å². The van der Waals surface area contributed by atoms with E-state index in [0.29, 0.717) is 17.4 Å². The van der Waals surface area contributed by atoms with E-state index in [1.54, 1.807) is 36.4 Å². The molecule has 0 radical (unpaired) electrons. The molecule has 6 nitrogen and oxygen atoms in total. The highest BCUT2D eigenvalue weighted by Crippen LogP contribution is 2.52. The lowest BCUT2D eigenvalue weighted by atomic mass is 9.74. The molecule has 2 bridgehead atoms. The maximum absolute atomic E-state index is 13.5. The van der Waals surface area contributed by atoms with E-state index in [1.165, 1.54) is 6.07 Å². The Morgan fingerprint density at radius 2 is 1.81 bits per heavy atom. The van der Waals surface area contributed by atoms with E-state index in [-0.39, 0.29) is 11.1 Å². The highest BCUT2D eigenvalue weighted by Gasteiger charge is 2.48. The minimum Gasteiger partial charge on any atom is -0.366 e. The van der Waals surface area contributed by atoms with Gasteiger partial charge in [0.1, 0.15) is 0 Å². The van der Waals surface area contributed by atoms with Gasteiger partial charge in [0.25, 0.3) is 16.0 Å². The third-order valence-corrected chi connectivity index (χ3v) is 4.64. The molecule has 4 rings (SSSR count). The predicted octanol–water partition coefficient (Wildman–Crippen LogP) is 2.15. The molecule has 144 valence electrons. The molecular weight excluding hydrogens is 385 g/mol. The van der Waals surface area contributed by atoms with Crippen molar-refractivity contribution in [3.05, 3.63) is 59.2 Å². The number of amides is 1. The highest BCUT2D eigenvalue weighted by molar-refractivity contribution is 7.86. The van der Waals surface area contributed by atoms with Crippen molar-refractivity contribution >= 4 is 16.0 Å². The maximum atomic E-state index is 13.5. The quantitative estimate of drug-likeness (QED) is 0.572. The third kappa shape index (κ3) is 3.82. The largest absolute Gasteiger partial charge is 0.417 e. The molecule has 3 N–H and O–H groups in total. The maximum Gasteiger partial charge on any atom is 0.417 e. The lowest BCUT2D eigenvalue weighted by Crippen LogP contribution is -2.49. The summed E-state index contributed by atoms with van der Waals surface area (Å²) in [5.74, 6) is -1.16. The van der Waals surface area contributed by atoms with Gasteiger partial charge in [0.05, 0.1) is 17.9 Å². The molecule has 27 heavy (non-hydrogen) atoms. The van der Waals surface area contributed by atoms with Crippen molar-refractivity contribution in [1.82, 2.24) is 5.32 Å². The van der Waals surface area contributed by atoms with Crippen molar-refractivity contribution in [2.24, 2.45) is 5.73 Å². The molecular formula is C17H15F3N2O4S. The number of benzene rings is 2. The van der Waals surface area contributed by atoms with Crippen LogP contribution in [0.25, 0.3) is 11.1 Å². The van der Waals surface area contributed by atoms with Crippen LogP contribution in [0.2, 0.25) is 0 Å². The molecule has 0 saturated heterocycles. The summed E-state index contributed by atoms with van der Waals surface area (Å²) < 4.78 is 67.6. The topological polar surface area (TPSA) is 98.5 Å². The average Bonchev–Trinajstić information content (AvgIpc) is 2.56. The first-order valence-electron chi connectivity index (χ1n) is 7.72.